The molecule has 47 heavy (non-hydrogen) atoms. The second kappa shape index (κ2) is 11.4. The van der Waals surface area contributed by atoms with Gasteiger partial charge in [0.15, 0.2) is 22.9 Å². The van der Waals surface area contributed by atoms with E-state index in [1.165, 1.54) is 0 Å². The molecule has 2 aromatic rings. The molecule has 15 heteroatoms. The minimum Gasteiger partial charge on any atom is -0.507 e. The fourth-order valence-corrected chi connectivity index (χ4v) is 7.57. The molecule has 2 aromatic carbocycles. The number of rotatable bonds is 6. The minimum atomic E-state index is -2.75. The van der Waals surface area contributed by atoms with E-state index < -0.39 is 70.5 Å². The molecule has 8 N–H and O–H groups in total. The number of carbonyl (C=O) groups excluding carboxylic acids is 4. The van der Waals surface area contributed by atoms with Gasteiger partial charge in [0.2, 0.25) is 18.5 Å². The zero-order valence-corrected chi connectivity index (χ0v) is 26.2. The summed E-state index contributed by atoms with van der Waals surface area (Å²) in [5.74, 6) is -7.14. The summed E-state index contributed by atoms with van der Waals surface area (Å²) in [6.45, 7) is -0.0978. The highest BCUT2D eigenvalue weighted by atomic mass is 16.7. The molecule has 6 rings (SSSR count). The fraction of sp³-hybridized carbons (Fsp3) is 0.438. The molecule has 0 aromatic heterocycles. The van der Waals surface area contributed by atoms with Crippen LogP contribution >= 0.6 is 0 Å². The van der Waals surface area contributed by atoms with Crippen LogP contribution in [0.4, 0.5) is 16.2 Å². The summed E-state index contributed by atoms with van der Waals surface area (Å²) >= 11 is 0. The predicted molar refractivity (Wildman–Crippen MR) is 167 cm³/mol. The van der Waals surface area contributed by atoms with E-state index in [2.05, 4.69) is 10.6 Å². The molecule has 6 atom stereocenters. The number of ketones is 2. The number of nitrogens with zero attached hydrogens (tertiary/aromatic N) is 2. The van der Waals surface area contributed by atoms with Crippen molar-refractivity contribution in [3.05, 3.63) is 46.5 Å². The maximum atomic E-state index is 14.1. The molecule has 2 saturated carbocycles. The molecule has 4 aliphatic rings. The second-order valence-corrected chi connectivity index (χ2v) is 12.8. The number of aliphatic hydroxyl groups is 3. The number of hydrogen-bond acceptors (Lipinski definition) is 12. The quantitative estimate of drug-likeness (QED) is 0.209. The van der Waals surface area contributed by atoms with Gasteiger partial charge in [0, 0.05) is 61.2 Å². The van der Waals surface area contributed by atoms with Crippen molar-refractivity contribution in [2.45, 2.75) is 37.1 Å². The summed E-state index contributed by atoms with van der Waals surface area (Å²) in [6, 6.07) is 4.99. The number of likely N-dealkylation sites (N-methyl/N-ethyl adjacent to an activating group) is 1. The van der Waals surface area contributed by atoms with Crippen LogP contribution in [-0.4, -0.2) is 102 Å². The SMILES string of the molecule is CN(C)c1cc(CNC(=O)Nc2ccc3c(c2)OCO3)c(O)c2c1C[C@@H]1C[C@@H]3[C@@H](N(C)C)C(O)C(C(N)=O)C(=O)[C@]3(O)C(=O)C1=C2O. The minimum absolute atomic E-state index is 0.00910. The number of ether oxygens (including phenoxy) is 2. The molecule has 3 aliphatic carbocycles. The molecule has 0 spiro atoms. The molecule has 250 valence electrons. The molecule has 15 nitrogen and oxygen atoms in total. The van der Waals surface area contributed by atoms with Crippen LogP contribution < -0.4 is 30.7 Å². The number of urea groups is 1. The molecule has 0 bridgehead atoms. The van der Waals surface area contributed by atoms with Crippen molar-refractivity contribution in [2.75, 3.05) is 45.2 Å². The Labute approximate surface area is 269 Å². The maximum Gasteiger partial charge on any atom is 0.319 e. The van der Waals surface area contributed by atoms with Crippen LogP contribution in [0.15, 0.2) is 29.8 Å². The highest BCUT2D eigenvalue weighted by Gasteiger charge is 2.67. The van der Waals surface area contributed by atoms with Crippen molar-refractivity contribution in [2.24, 2.45) is 23.5 Å². The molecule has 3 amide bonds. The van der Waals surface area contributed by atoms with Gasteiger partial charge >= 0.3 is 6.03 Å². The standard InChI is InChI=1S/C32H37N5O10/c1-36(2)18-9-14(11-34-31(44)35-15-5-6-19-20(10-15)47-12-46-19)25(38)22-16(18)7-13-8-17-24(37(3)4)27(40)23(30(33)43)29(42)32(17,45)28(41)21(13)26(22)39/h5-6,9-10,13,17,23-24,27,38-40,45H,7-8,11-12H2,1-4H3,(H2,33,43)(H2,34,35,44)/t13-,17-,23?,24-,27?,32-/m1/s1. The summed E-state index contributed by atoms with van der Waals surface area (Å²) in [6.07, 6.45) is -1.41. The van der Waals surface area contributed by atoms with Crippen molar-refractivity contribution in [3.63, 3.8) is 0 Å². The van der Waals surface area contributed by atoms with Crippen molar-refractivity contribution in [1.82, 2.24) is 10.2 Å². The number of benzene rings is 2. The number of aromatic hydroxyl groups is 1. The van der Waals surface area contributed by atoms with E-state index in [-0.39, 0.29) is 42.9 Å². The molecule has 1 aliphatic heterocycles. The number of nitrogens with one attached hydrogen (secondary N) is 2. The smallest absolute Gasteiger partial charge is 0.319 e. The Kier molecular flexibility index (Phi) is 7.81. The fourth-order valence-electron chi connectivity index (χ4n) is 7.57. The number of amides is 3. The van der Waals surface area contributed by atoms with Crippen LogP contribution in [-0.2, 0) is 27.3 Å². The summed E-state index contributed by atoms with van der Waals surface area (Å²) < 4.78 is 10.6. The Balaban J connectivity index is 1.35. The molecule has 2 fully saturated rings. The highest BCUT2D eigenvalue weighted by molar-refractivity contribution is 6.25. The first kappa shape index (κ1) is 32.1. The number of fused-ring (bicyclic) bond motifs is 4. The average molecular weight is 652 g/mol. The lowest BCUT2D eigenvalue weighted by Crippen LogP contribution is -2.73. The zero-order valence-electron chi connectivity index (χ0n) is 26.2. The van der Waals surface area contributed by atoms with Crippen molar-refractivity contribution in [3.8, 4) is 17.2 Å². The van der Waals surface area contributed by atoms with Crippen LogP contribution in [0, 0.1) is 17.8 Å². The van der Waals surface area contributed by atoms with Gasteiger partial charge in [-0.2, -0.15) is 0 Å². The number of aliphatic hydroxyl groups excluding tert-OH is 2. The van der Waals surface area contributed by atoms with E-state index in [0.29, 0.717) is 28.4 Å². The number of carbonyl (C=O) groups is 4. The first-order valence-corrected chi connectivity index (χ1v) is 15.0. The van der Waals surface area contributed by atoms with Crippen LogP contribution in [0.25, 0.3) is 5.76 Å². The number of Topliss-reactive ketones (excluding diaryl/α,β-unsaturated/α-hetero) is 2. The maximum absolute atomic E-state index is 14.1. The van der Waals surface area contributed by atoms with Gasteiger partial charge in [-0.25, -0.2) is 4.79 Å². The van der Waals surface area contributed by atoms with Crippen LogP contribution in [0.3, 0.4) is 0 Å². The third-order valence-corrected chi connectivity index (χ3v) is 9.70. The Hall–Kier alpha value is -4.86. The topological polar surface area (TPSA) is 224 Å². The van der Waals surface area contributed by atoms with E-state index in [1.54, 1.807) is 62.3 Å². The van der Waals surface area contributed by atoms with E-state index in [4.69, 9.17) is 15.2 Å². The van der Waals surface area contributed by atoms with E-state index in [0.717, 1.165) is 0 Å². The molecule has 0 radical (unpaired) electrons. The van der Waals surface area contributed by atoms with Gasteiger partial charge in [-0.3, -0.25) is 14.4 Å². The number of phenolic OH excluding ortho intramolecular Hbond substituents is 1. The highest BCUT2D eigenvalue weighted by Crippen LogP contribution is 2.53. The Bertz CT molecular complexity index is 1740. The molecule has 1 heterocycles. The first-order valence-electron chi connectivity index (χ1n) is 15.0. The summed E-state index contributed by atoms with van der Waals surface area (Å²) in [4.78, 5) is 56.1. The summed E-state index contributed by atoms with van der Waals surface area (Å²) in [7, 11) is 6.72. The average Bonchev–Trinajstić information content (AvgIpc) is 3.46. The number of primary amides is 1. The number of phenols is 1. The summed E-state index contributed by atoms with van der Waals surface area (Å²) in [5, 5.41) is 51.4. The van der Waals surface area contributed by atoms with E-state index in [1.807, 2.05) is 0 Å². The Morgan fingerprint density at radius 3 is 2.45 bits per heavy atom. The van der Waals surface area contributed by atoms with Crippen molar-refractivity contribution in [1.29, 1.82) is 0 Å². The van der Waals surface area contributed by atoms with Gasteiger partial charge in [0.1, 0.15) is 17.4 Å². The number of hydrogen-bond donors (Lipinski definition) is 7. The first-order chi connectivity index (χ1) is 22.2. The van der Waals surface area contributed by atoms with Gasteiger partial charge in [-0.1, -0.05) is 0 Å². The number of anilines is 2. The number of nitrogens with two attached hydrogens (primary N) is 1. The lowest BCUT2D eigenvalue weighted by molar-refractivity contribution is -0.184. The molecule has 0 saturated heterocycles. The van der Waals surface area contributed by atoms with Crippen molar-refractivity contribution >= 4 is 40.6 Å². The van der Waals surface area contributed by atoms with Gasteiger partial charge in [0.05, 0.1) is 11.7 Å². The van der Waals surface area contributed by atoms with Crippen LogP contribution in [0.1, 0.15) is 23.1 Å². The normalized spacial score (nSPS) is 27.6. The van der Waals surface area contributed by atoms with Crippen molar-refractivity contribution < 1.29 is 49.1 Å². The van der Waals surface area contributed by atoms with Crippen LogP contribution in [0.2, 0.25) is 0 Å². The van der Waals surface area contributed by atoms with Crippen LogP contribution in [0.5, 0.6) is 17.2 Å². The monoisotopic (exact) mass is 651 g/mol. The Morgan fingerprint density at radius 1 is 1.09 bits per heavy atom. The second-order valence-electron chi connectivity index (χ2n) is 12.8. The Morgan fingerprint density at radius 2 is 1.79 bits per heavy atom. The summed E-state index contributed by atoms with van der Waals surface area (Å²) in [5.41, 5.74) is 4.15. The molecular weight excluding hydrogens is 614 g/mol. The predicted octanol–water partition coefficient (Wildman–Crippen LogP) is 0.245. The third kappa shape index (κ3) is 4.92. The lowest BCUT2D eigenvalue weighted by Gasteiger charge is -2.53. The van der Waals surface area contributed by atoms with Gasteiger partial charge in [0.25, 0.3) is 0 Å². The lowest BCUT2D eigenvalue weighted by atomic mass is 9.54. The zero-order chi connectivity index (χ0) is 34.1. The van der Waals surface area contributed by atoms with Gasteiger partial charge in [-0.05, 0) is 56.6 Å². The largest absolute Gasteiger partial charge is 0.507 e. The molecule has 2 unspecified atom stereocenters. The van der Waals surface area contributed by atoms with E-state index >= 15 is 0 Å². The molecular formula is C32H37N5O10. The van der Waals surface area contributed by atoms with Gasteiger partial charge < -0.3 is 56.1 Å². The van der Waals surface area contributed by atoms with Gasteiger partial charge in [-0.15, -0.1) is 0 Å². The van der Waals surface area contributed by atoms with E-state index in [9.17, 15) is 39.6 Å². The third-order valence-electron chi connectivity index (χ3n) is 9.70.